The topological polar surface area (TPSA) is 6.48 Å². The Morgan fingerprint density at radius 1 is 0.636 bits per heavy atom. The first kappa shape index (κ1) is 22.6. The van der Waals surface area contributed by atoms with Gasteiger partial charge in [-0.3, -0.25) is 0 Å². The first-order chi connectivity index (χ1) is 16.1. The fraction of sp³-hybridized carbons (Fsp3) is 0.548. The Hall–Kier alpha value is -2.22. The van der Waals surface area contributed by atoms with Gasteiger partial charge in [-0.1, -0.05) is 74.9 Å². The number of hydrogen-bond acceptors (Lipinski definition) is 2. The lowest BCUT2D eigenvalue weighted by Gasteiger charge is -2.44. The third-order valence-corrected chi connectivity index (χ3v) is 8.65. The molecule has 0 N–H and O–H groups in total. The molecule has 2 aromatic carbocycles. The maximum Gasteiger partial charge on any atom is 0.133 e. The summed E-state index contributed by atoms with van der Waals surface area (Å²) in [6.45, 7) is 9.37. The smallest absolute Gasteiger partial charge is 0.133 e. The second-order valence-electron chi connectivity index (χ2n) is 10.8. The van der Waals surface area contributed by atoms with Gasteiger partial charge in [-0.05, 0) is 76.1 Å². The molecule has 2 aliphatic carbocycles. The van der Waals surface area contributed by atoms with Crippen molar-refractivity contribution in [3.63, 3.8) is 0 Å². The minimum atomic E-state index is 0.271. The van der Waals surface area contributed by atoms with Crippen LogP contribution in [0.3, 0.4) is 0 Å². The van der Waals surface area contributed by atoms with Crippen LogP contribution in [-0.4, -0.2) is 10.9 Å². The molecule has 2 saturated carbocycles. The highest BCUT2D eigenvalue weighted by molar-refractivity contribution is 5.63. The van der Waals surface area contributed by atoms with E-state index in [4.69, 9.17) is 0 Å². The minimum Gasteiger partial charge on any atom is -0.346 e. The Bertz CT molecular complexity index is 987. The van der Waals surface area contributed by atoms with Crippen molar-refractivity contribution in [3.05, 3.63) is 76.1 Å². The summed E-state index contributed by atoms with van der Waals surface area (Å²) in [7, 11) is 0. The summed E-state index contributed by atoms with van der Waals surface area (Å²) in [5, 5.41) is 0. The van der Waals surface area contributed by atoms with Crippen molar-refractivity contribution in [2.24, 2.45) is 5.92 Å². The quantitative estimate of drug-likeness (QED) is 0.468. The van der Waals surface area contributed by atoms with Crippen LogP contribution in [0.5, 0.6) is 0 Å². The van der Waals surface area contributed by atoms with Crippen LogP contribution in [0.1, 0.15) is 99.6 Å². The molecule has 33 heavy (non-hydrogen) atoms. The van der Waals surface area contributed by atoms with Gasteiger partial charge < -0.3 is 9.80 Å². The number of nitrogens with zero attached hydrogens (tertiary/aromatic N) is 2. The monoisotopic (exact) mass is 442 g/mol. The average Bonchev–Trinajstić information content (AvgIpc) is 3.13. The Balaban J connectivity index is 1.72. The van der Waals surface area contributed by atoms with Crippen molar-refractivity contribution in [3.8, 4) is 0 Å². The molecule has 1 unspecified atom stereocenters. The maximum absolute atomic E-state index is 2.95. The molecule has 0 amide bonds. The molecule has 1 aliphatic heterocycles. The van der Waals surface area contributed by atoms with Gasteiger partial charge in [-0.15, -0.1) is 0 Å². The molecule has 2 heteroatoms. The van der Waals surface area contributed by atoms with Crippen molar-refractivity contribution < 1.29 is 0 Å². The second-order valence-corrected chi connectivity index (χ2v) is 10.8. The molecule has 1 atom stereocenters. The molecule has 0 aromatic heterocycles. The molecule has 5 rings (SSSR count). The van der Waals surface area contributed by atoms with E-state index in [9.17, 15) is 0 Å². The second kappa shape index (κ2) is 9.57. The number of benzene rings is 2. The zero-order chi connectivity index (χ0) is 22.9. The van der Waals surface area contributed by atoms with Crippen LogP contribution < -0.4 is 4.90 Å². The Labute approximate surface area is 201 Å². The van der Waals surface area contributed by atoms with E-state index in [2.05, 4.69) is 80.0 Å². The van der Waals surface area contributed by atoms with E-state index in [1.54, 1.807) is 5.70 Å². The molecule has 2 aromatic rings. The van der Waals surface area contributed by atoms with Crippen molar-refractivity contribution in [1.82, 2.24) is 4.90 Å². The maximum atomic E-state index is 2.95. The SMILES string of the molecule is CC1=C(C2CCCCC2)N(C2CCCCC2)C(c2c(C)cccc2C)N1c1ccccc1C. The molecule has 1 heterocycles. The van der Waals surface area contributed by atoms with Gasteiger partial charge in [0.05, 0.1) is 0 Å². The molecule has 176 valence electrons. The van der Waals surface area contributed by atoms with Crippen LogP contribution in [0.15, 0.2) is 53.9 Å². The van der Waals surface area contributed by atoms with Gasteiger partial charge in [0.25, 0.3) is 0 Å². The Morgan fingerprint density at radius 3 is 1.85 bits per heavy atom. The van der Waals surface area contributed by atoms with Gasteiger partial charge in [-0.2, -0.15) is 0 Å². The first-order valence-electron chi connectivity index (χ1n) is 13.5. The first-order valence-corrected chi connectivity index (χ1v) is 13.5. The fourth-order valence-corrected chi connectivity index (χ4v) is 7.04. The van der Waals surface area contributed by atoms with Crippen LogP contribution in [0.25, 0.3) is 0 Å². The van der Waals surface area contributed by atoms with Crippen molar-refractivity contribution in [2.75, 3.05) is 4.90 Å². The standard InChI is InChI=1S/C31H42N2/c1-22-14-11-12-21-28(22)32-25(4)30(26-17-7-5-8-18-26)33(27-19-9-6-10-20-27)31(32)29-23(2)15-13-16-24(29)3/h11-16,21,26-27,31H,5-10,17-20H2,1-4H3. The summed E-state index contributed by atoms with van der Waals surface area (Å²) in [6, 6.07) is 16.6. The minimum absolute atomic E-state index is 0.271. The van der Waals surface area contributed by atoms with Gasteiger partial charge in [0.2, 0.25) is 0 Å². The van der Waals surface area contributed by atoms with Crippen molar-refractivity contribution in [1.29, 1.82) is 0 Å². The molecule has 2 nitrogen and oxygen atoms in total. The molecule has 2 fully saturated rings. The van der Waals surface area contributed by atoms with Crippen LogP contribution in [0.2, 0.25) is 0 Å². The largest absolute Gasteiger partial charge is 0.346 e. The predicted octanol–water partition coefficient (Wildman–Crippen LogP) is 8.58. The number of anilines is 1. The highest BCUT2D eigenvalue weighted by Gasteiger charge is 2.45. The summed E-state index contributed by atoms with van der Waals surface area (Å²) in [5.74, 6) is 0.710. The third-order valence-electron chi connectivity index (χ3n) is 8.65. The van der Waals surface area contributed by atoms with Gasteiger partial charge >= 0.3 is 0 Å². The zero-order valence-electron chi connectivity index (χ0n) is 21.2. The van der Waals surface area contributed by atoms with Crippen LogP contribution in [0, 0.1) is 26.7 Å². The van der Waals surface area contributed by atoms with Gasteiger partial charge in [0, 0.05) is 34.6 Å². The molecule has 0 radical (unpaired) electrons. The van der Waals surface area contributed by atoms with E-state index >= 15 is 0 Å². The van der Waals surface area contributed by atoms with Crippen molar-refractivity contribution >= 4 is 5.69 Å². The predicted molar refractivity (Wildman–Crippen MR) is 140 cm³/mol. The lowest BCUT2D eigenvalue weighted by molar-refractivity contribution is 0.139. The summed E-state index contributed by atoms with van der Waals surface area (Å²) < 4.78 is 0. The summed E-state index contributed by atoms with van der Waals surface area (Å²) in [4.78, 5) is 5.68. The molecule has 0 saturated heterocycles. The highest BCUT2D eigenvalue weighted by Crippen LogP contribution is 2.51. The number of para-hydroxylation sites is 1. The molecular formula is C31H42N2. The molecule has 3 aliphatic rings. The van der Waals surface area contributed by atoms with E-state index in [0.29, 0.717) is 12.0 Å². The summed E-state index contributed by atoms with van der Waals surface area (Å²) in [6.07, 6.45) is 14.0. The van der Waals surface area contributed by atoms with Gasteiger partial charge in [-0.25, -0.2) is 0 Å². The van der Waals surface area contributed by atoms with E-state index in [1.807, 2.05) is 0 Å². The fourth-order valence-electron chi connectivity index (χ4n) is 7.04. The van der Waals surface area contributed by atoms with Gasteiger partial charge in [0.15, 0.2) is 0 Å². The lowest BCUT2D eigenvalue weighted by atomic mass is 9.84. The molecule has 0 bridgehead atoms. The summed E-state index contributed by atoms with van der Waals surface area (Å²) in [5.41, 5.74) is 10.3. The summed E-state index contributed by atoms with van der Waals surface area (Å²) >= 11 is 0. The van der Waals surface area contributed by atoms with Crippen LogP contribution in [-0.2, 0) is 0 Å². The number of rotatable bonds is 4. The normalized spacial score (nSPS) is 23.0. The molecular weight excluding hydrogens is 400 g/mol. The van der Waals surface area contributed by atoms with E-state index in [1.165, 1.54) is 97.8 Å². The van der Waals surface area contributed by atoms with Gasteiger partial charge in [0.1, 0.15) is 6.17 Å². The zero-order valence-corrected chi connectivity index (χ0v) is 21.2. The Morgan fingerprint density at radius 2 is 1.21 bits per heavy atom. The number of allylic oxidation sites excluding steroid dienone is 2. The molecule has 0 spiro atoms. The third kappa shape index (κ3) is 4.11. The Kier molecular flexibility index (Phi) is 6.54. The average molecular weight is 443 g/mol. The van der Waals surface area contributed by atoms with Crippen molar-refractivity contribution in [2.45, 2.75) is 104 Å². The highest BCUT2D eigenvalue weighted by atomic mass is 15.4. The number of aryl methyl sites for hydroxylation is 3. The van der Waals surface area contributed by atoms with E-state index in [-0.39, 0.29) is 6.17 Å². The van der Waals surface area contributed by atoms with E-state index < -0.39 is 0 Å². The lowest BCUT2D eigenvalue weighted by Crippen LogP contribution is -2.42. The van der Waals surface area contributed by atoms with Crippen LogP contribution in [0.4, 0.5) is 5.69 Å². The number of hydrogen-bond donors (Lipinski definition) is 0. The van der Waals surface area contributed by atoms with Crippen LogP contribution >= 0.6 is 0 Å². The van der Waals surface area contributed by atoms with E-state index in [0.717, 1.165) is 0 Å².